The molecule has 3 heterocycles. The van der Waals surface area contributed by atoms with E-state index in [1.54, 1.807) is 0 Å². The lowest BCUT2D eigenvalue weighted by atomic mass is 10.1. The molecule has 1 aromatic rings. The van der Waals surface area contributed by atoms with Crippen LogP contribution in [0.25, 0.3) is 0 Å². The van der Waals surface area contributed by atoms with Gasteiger partial charge in [-0.15, -0.1) is 4.28 Å². The molecule has 0 saturated carbocycles. The van der Waals surface area contributed by atoms with Gasteiger partial charge in [0.25, 0.3) is 0 Å². The van der Waals surface area contributed by atoms with Gasteiger partial charge in [0, 0.05) is 6.54 Å². The lowest BCUT2D eigenvalue weighted by Crippen LogP contribution is -2.33. The van der Waals surface area contributed by atoms with Crippen molar-refractivity contribution in [3.63, 3.8) is 0 Å². The number of carbonyl (C=O) groups is 1. The van der Waals surface area contributed by atoms with E-state index in [4.69, 9.17) is 9.66 Å². The van der Waals surface area contributed by atoms with Gasteiger partial charge in [0.15, 0.2) is 0 Å². The van der Waals surface area contributed by atoms with Gasteiger partial charge in [-0.3, -0.25) is 13.9 Å². The number of aliphatic hydroxyl groups excluding tert-OH is 1. The fourth-order valence-corrected chi connectivity index (χ4v) is 3.99. The molecule has 2 aliphatic rings. The van der Waals surface area contributed by atoms with E-state index in [0.29, 0.717) is 15.6 Å². The summed E-state index contributed by atoms with van der Waals surface area (Å²) in [7, 11) is -4.84. The van der Waals surface area contributed by atoms with E-state index in [9.17, 15) is 18.0 Å². The molecule has 0 radical (unpaired) electrons. The van der Waals surface area contributed by atoms with Crippen LogP contribution >= 0.6 is 11.3 Å². The third kappa shape index (κ3) is 2.34. The zero-order chi connectivity index (χ0) is 15.4. The first kappa shape index (κ1) is 14.5. The molecule has 10 nitrogen and oxygen atoms in total. The van der Waals surface area contributed by atoms with Gasteiger partial charge in [-0.25, -0.2) is 4.79 Å². The standard InChI is InChI=1S/C9H11N3O7S2/c13-2-1-11-5-3-10-4-6(7(5)20-9(11)15)12(8(10)14)19-21(16,17)18/h6,13H,1-4H2,(H,16,17,18). The Kier molecular flexibility index (Phi) is 3.29. The predicted octanol–water partition coefficient (Wildman–Crippen LogP) is -1.07. The number of fused-ring (bicyclic) bond motifs is 4. The Morgan fingerprint density at radius 2 is 2.10 bits per heavy atom. The summed E-state index contributed by atoms with van der Waals surface area (Å²) in [5.74, 6) is 0. The van der Waals surface area contributed by atoms with Crippen LogP contribution in [-0.2, 0) is 27.8 Å². The first-order valence-electron chi connectivity index (χ1n) is 5.90. The van der Waals surface area contributed by atoms with Crippen molar-refractivity contribution in [3.05, 3.63) is 20.2 Å². The zero-order valence-corrected chi connectivity index (χ0v) is 12.1. The molecule has 21 heavy (non-hydrogen) atoms. The summed E-state index contributed by atoms with van der Waals surface area (Å²) in [5.41, 5.74) is 0.546. The number of aromatic nitrogens is 1. The smallest absolute Gasteiger partial charge is 0.395 e. The number of rotatable bonds is 4. The molecule has 2 bridgehead atoms. The van der Waals surface area contributed by atoms with E-state index >= 15 is 0 Å². The van der Waals surface area contributed by atoms with Crippen LogP contribution in [0, 0.1) is 0 Å². The number of hydrogen-bond donors (Lipinski definition) is 2. The molecular formula is C9H11N3O7S2. The Labute approximate surface area is 122 Å². The Hall–Kier alpha value is -1.47. The summed E-state index contributed by atoms with van der Waals surface area (Å²) >= 11 is 0.867. The highest BCUT2D eigenvalue weighted by Crippen LogP contribution is 2.39. The maximum absolute atomic E-state index is 12.0. The molecule has 1 atom stereocenters. The minimum Gasteiger partial charge on any atom is -0.395 e. The summed E-state index contributed by atoms with van der Waals surface area (Å²) in [6.45, 7) is 0.153. The summed E-state index contributed by atoms with van der Waals surface area (Å²) in [4.78, 5) is 25.4. The van der Waals surface area contributed by atoms with E-state index in [-0.39, 0.29) is 31.1 Å². The van der Waals surface area contributed by atoms with E-state index in [1.165, 1.54) is 9.47 Å². The molecule has 0 spiro atoms. The number of nitrogens with zero attached hydrogens (tertiary/aromatic N) is 3. The quantitative estimate of drug-likeness (QED) is 0.669. The van der Waals surface area contributed by atoms with E-state index in [1.807, 2.05) is 0 Å². The summed E-state index contributed by atoms with van der Waals surface area (Å²) in [6.07, 6.45) is 0. The fraction of sp³-hybridized carbons (Fsp3) is 0.556. The van der Waals surface area contributed by atoms with Crippen LogP contribution in [-0.4, -0.2) is 51.8 Å². The van der Waals surface area contributed by atoms with Crippen molar-refractivity contribution in [2.45, 2.75) is 19.1 Å². The minimum absolute atomic E-state index is 0.0958. The first-order chi connectivity index (χ1) is 9.81. The van der Waals surface area contributed by atoms with Crippen LogP contribution in [0.2, 0.25) is 0 Å². The lowest BCUT2D eigenvalue weighted by molar-refractivity contribution is -0.0308. The van der Waals surface area contributed by atoms with Gasteiger partial charge in [0.1, 0.15) is 6.04 Å². The van der Waals surface area contributed by atoms with Crippen LogP contribution in [0.3, 0.4) is 0 Å². The number of aliphatic hydroxyl groups is 1. The second-order valence-corrected chi connectivity index (χ2v) is 6.56. The number of thiazole rings is 1. The number of hydroxylamine groups is 2. The Morgan fingerprint density at radius 3 is 2.71 bits per heavy atom. The van der Waals surface area contributed by atoms with Gasteiger partial charge in [0.2, 0.25) is 0 Å². The normalized spacial score (nSPS) is 21.0. The fourth-order valence-electron chi connectivity index (χ4n) is 2.52. The highest BCUT2D eigenvalue weighted by atomic mass is 32.3. The molecule has 2 amide bonds. The van der Waals surface area contributed by atoms with Crippen LogP contribution in [0.15, 0.2) is 4.79 Å². The van der Waals surface area contributed by atoms with Crippen LogP contribution in [0.5, 0.6) is 0 Å². The average molecular weight is 337 g/mol. The van der Waals surface area contributed by atoms with Crippen molar-refractivity contribution in [2.75, 3.05) is 13.2 Å². The topological polar surface area (TPSA) is 129 Å². The molecule has 12 heteroatoms. The Bertz CT molecular complexity index is 752. The zero-order valence-electron chi connectivity index (χ0n) is 10.5. The monoisotopic (exact) mass is 337 g/mol. The summed E-state index contributed by atoms with van der Waals surface area (Å²) in [5, 5.41) is 9.54. The maximum Gasteiger partial charge on any atom is 0.418 e. The van der Waals surface area contributed by atoms with E-state index < -0.39 is 22.5 Å². The molecule has 3 rings (SSSR count). The van der Waals surface area contributed by atoms with Crippen molar-refractivity contribution in [1.29, 1.82) is 0 Å². The summed E-state index contributed by atoms with van der Waals surface area (Å²) < 4.78 is 36.1. The van der Waals surface area contributed by atoms with E-state index in [0.717, 1.165) is 11.3 Å². The molecule has 1 aromatic heterocycles. The van der Waals surface area contributed by atoms with Crippen molar-refractivity contribution in [2.24, 2.45) is 0 Å². The third-order valence-corrected chi connectivity index (χ3v) is 4.78. The average Bonchev–Trinajstić information content (AvgIpc) is 2.82. The Morgan fingerprint density at radius 1 is 1.38 bits per heavy atom. The van der Waals surface area contributed by atoms with Crippen molar-refractivity contribution < 1.29 is 27.2 Å². The molecule has 2 N–H and O–H groups in total. The van der Waals surface area contributed by atoms with Crippen LogP contribution in [0.1, 0.15) is 16.6 Å². The molecule has 0 aliphatic carbocycles. The number of carbonyl (C=O) groups excluding carboxylic acids is 1. The molecule has 1 fully saturated rings. The second kappa shape index (κ2) is 4.78. The van der Waals surface area contributed by atoms with Gasteiger partial charge in [-0.1, -0.05) is 11.3 Å². The lowest BCUT2D eigenvalue weighted by Gasteiger charge is -2.22. The number of urea groups is 1. The first-order valence-corrected chi connectivity index (χ1v) is 8.08. The predicted molar refractivity (Wildman–Crippen MR) is 68.7 cm³/mol. The van der Waals surface area contributed by atoms with Crippen molar-refractivity contribution in [1.82, 2.24) is 14.5 Å². The van der Waals surface area contributed by atoms with Crippen molar-refractivity contribution >= 4 is 27.8 Å². The molecule has 2 aliphatic heterocycles. The van der Waals surface area contributed by atoms with Gasteiger partial charge in [-0.2, -0.15) is 13.5 Å². The molecule has 0 aromatic carbocycles. The molecule has 116 valence electrons. The van der Waals surface area contributed by atoms with Gasteiger partial charge in [-0.05, 0) is 0 Å². The van der Waals surface area contributed by atoms with Gasteiger partial charge in [0.05, 0.1) is 30.3 Å². The third-order valence-electron chi connectivity index (χ3n) is 3.30. The van der Waals surface area contributed by atoms with Crippen LogP contribution in [0.4, 0.5) is 4.79 Å². The van der Waals surface area contributed by atoms with Gasteiger partial charge >= 0.3 is 21.3 Å². The van der Waals surface area contributed by atoms with Crippen LogP contribution < -0.4 is 4.87 Å². The number of hydrogen-bond acceptors (Lipinski definition) is 7. The molecule has 1 saturated heterocycles. The molecule has 1 unspecified atom stereocenters. The minimum atomic E-state index is -4.84. The molecular weight excluding hydrogens is 326 g/mol. The highest BCUT2D eigenvalue weighted by Gasteiger charge is 2.48. The number of amides is 2. The maximum atomic E-state index is 12.0. The second-order valence-electron chi connectivity index (χ2n) is 4.56. The summed E-state index contributed by atoms with van der Waals surface area (Å²) in [6, 6.07) is -1.48. The highest BCUT2D eigenvalue weighted by molar-refractivity contribution is 7.80. The largest absolute Gasteiger partial charge is 0.418 e. The van der Waals surface area contributed by atoms with Crippen molar-refractivity contribution in [3.8, 4) is 0 Å². The van der Waals surface area contributed by atoms with E-state index in [2.05, 4.69) is 4.28 Å². The Balaban J connectivity index is 2.04. The SMILES string of the molecule is O=C1N2Cc3c(sc(=O)n3CCO)C(C2)N1OS(=O)(=O)O. The van der Waals surface area contributed by atoms with Gasteiger partial charge < -0.3 is 10.0 Å².